The Hall–Kier alpha value is 0.878. The third-order valence-corrected chi connectivity index (χ3v) is 0. The zero-order valence-corrected chi connectivity index (χ0v) is 7.53. The van der Waals surface area contributed by atoms with Crippen LogP contribution in [-0.2, 0) is 17.1 Å². The molecule has 0 heterocycles. The van der Waals surface area contributed by atoms with Crippen molar-refractivity contribution in [3.05, 3.63) is 0 Å². The maximum atomic E-state index is 0. The Kier molecular flexibility index (Phi) is 21300. The van der Waals surface area contributed by atoms with Gasteiger partial charge in [0.2, 0.25) is 0 Å². The van der Waals surface area contributed by atoms with Crippen molar-refractivity contribution in [2.24, 2.45) is 0 Å². The summed E-state index contributed by atoms with van der Waals surface area (Å²) >= 11 is 0. The van der Waals surface area contributed by atoms with Crippen LogP contribution < -0.4 is 0 Å². The Morgan fingerprint density at radius 1 is 0.571 bits per heavy atom. The average molecular weight is 222 g/mol. The predicted molar refractivity (Wildman–Crippen MR) is 24.7 cm³/mol. The molecule has 0 amide bonds. The van der Waals surface area contributed by atoms with Crippen molar-refractivity contribution in [2.45, 2.75) is 0 Å². The van der Waals surface area contributed by atoms with E-state index in [1.54, 1.807) is 0 Å². The van der Waals surface area contributed by atoms with Gasteiger partial charge in [-0.3, -0.25) is 0 Å². The molecule has 1 unspecified atom stereocenters. The van der Waals surface area contributed by atoms with Gasteiger partial charge in [-0.25, -0.2) is 0 Å². The van der Waals surface area contributed by atoms with Crippen LogP contribution in [0.15, 0.2) is 0 Å². The van der Waals surface area contributed by atoms with Gasteiger partial charge in [-0.2, -0.15) is 0 Å². The standard InChI is InChI=1S/AsH3.Fe.5H2O/h1H3;;5*1H2/q;+2;;;;;/p-2. The minimum atomic E-state index is 0. The molecular weight excluding hydrogens is 211 g/mol. The van der Waals surface area contributed by atoms with Crippen molar-refractivity contribution < 1.29 is 44.4 Å². The van der Waals surface area contributed by atoms with Crippen molar-refractivity contribution in [3.63, 3.8) is 0 Å². The first-order valence-electron chi connectivity index (χ1n) is 0. The van der Waals surface area contributed by atoms with Crippen LogP contribution >= 0.6 is 0 Å². The van der Waals surface area contributed by atoms with Crippen molar-refractivity contribution >= 4 is 18.0 Å². The minimum absolute atomic E-state index is 0. The molecule has 0 aliphatic rings. The topological polar surface area (TPSA) is 154 Å². The van der Waals surface area contributed by atoms with Crippen LogP contribution in [0.4, 0.5) is 0 Å². The monoisotopic (exact) mass is 222 g/mol. The zero-order valence-electron chi connectivity index (χ0n) is 3.46. The fraction of sp³-hybridized carbons (Fsp3) is 0. The molecule has 0 bridgehead atoms. The fourth-order valence-electron chi connectivity index (χ4n) is 0. The van der Waals surface area contributed by atoms with E-state index in [0.29, 0.717) is 0 Å². The summed E-state index contributed by atoms with van der Waals surface area (Å²) in [7, 11) is 0. The molecule has 0 radical (unpaired) electrons. The smallest absolute Gasteiger partial charge is 0.870 e. The van der Waals surface area contributed by atoms with E-state index in [9.17, 15) is 0 Å². The van der Waals surface area contributed by atoms with Crippen LogP contribution in [0.25, 0.3) is 0 Å². The Morgan fingerprint density at radius 2 is 0.571 bits per heavy atom. The molecule has 0 saturated carbocycles. The fourth-order valence-corrected chi connectivity index (χ4v) is 0. The molecule has 0 aliphatic carbocycles. The van der Waals surface area contributed by atoms with Crippen LogP contribution in [0.2, 0.25) is 0 Å². The quantitative estimate of drug-likeness (QED) is 0.382. The largest absolute Gasteiger partial charge is 2.00 e. The van der Waals surface area contributed by atoms with E-state index in [-0.39, 0.29) is 62.4 Å². The predicted octanol–water partition coefficient (Wildman–Crippen LogP) is -4.01. The van der Waals surface area contributed by atoms with Gasteiger partial charge in [-0.15, -0.1) is 0 Å². The van der Waals surface area contributed by atoms with E-state index in [1.807, 2.05) is 0 Å². The van der Waals surface area contributed by atoms with Crippen LogP contribution in [0, 0.1) is 0 Å². The van der Waals surface area contributed by atoms with E-state index >= 15 is 0 Å². The number of hydrogen-bond donors (Lipinski definition) is 0. The molecule has 7 heavy (non-hydrogen) atoms. The van der Waals surface area contributed by atoms with E-state index in [1.165, 1.54) is 0 Å². The molecule has 5 nitrogen and oxygen atoms in total. The normalized spacial score (nSPS) is 0. The second-order valence-electron chi connectivity index (χ2n) is 0. The van der Waals surface area contributed by atoms with Crippen molar-refractivity contribution in [1.29, 1.82) is 0 Å². The van der Waals surface area contributed by atoms with Gasteiger partial charge in [0, 0.05) is 0 Å². The van der Waals surface area contributed by atoms with Crippen molar-refractivity contribution in [2.75, 3.05) is 0 Å². The zero-order chi connectivity index (χ0) is 0. The summed E-state index contributed by atoms with van der Waals surface area (Å²) in [6.45, 7) is 0. The van der Waals surface area contributed by atoms with E-state index in [4.69, 9.17) is 0 Å². The minimum Gasteiger partial charge on any atom is -0.870 e. The third-order valence-electron chi connectivity index (χ3n) is 0. The van der Waals surface area contributed by atoms with Crippen LogP contribution in [0.1, 0.15) is 0 Å². The van der Waals surface area contributed by atoms with Gasteiger partial charge in [-0.1, -0.05) is 0 Å². The first-order chi connectivity index (χ1) is 0. The SMILES string of the molecule is O.O.O.[AsH3].[Fe+2].[OH-].[OH-]. The van der Waals surface area contributed by atoms with Crippen LogP contribution in [-0.4, -0.2) is 45.3 Å². The summed E-state index contributed by atoms with van der Waals surface area (Å²) in [6.07, 6.45) is 0. The molecular formula is H11AsFeO5. The van der Waals surface area contributed by atoms with Crippen LogP contribution in [0.3, 0.4) is 0 Å². The Labute approximate surface area is 62.8 Å². The van der Waals surface area contributed by atoms with Gasteiger partial charge in [-0.05, 0) is 0 Å². The first kappa shape index (κ1) is 484. The van der Waals surface area contributed by atoms with Gasteiger partial charge in [0.1, 0.15) is 0 Å². The first-order valence-corrected chi connectivity index (χ1v) is 0. The van der Waals surface area contributed by atoms with Crippen LogP contribution in [0.5, 0.6) is 0 Å². The summed E-state index contributed by atoms with van der Waals surface area (Å²) in [5, 5.41) is 0. The summed E-state index contributed by atoms with van der Waals surface area (Å²) < 4.78 is 0. The molecule has 0 spiro atoms. The van der Waals surface area contributed by atoms with Gasteiger partial charge >= 0.3 is 35.0 Å². The molecule has 0 saturated heterocycles. The Balaban J connectivity index is 0. The summed E-state index contributed by atoms with van der Waals surface area (Å²) in [5.74, 6) is 0. The third kappa shape index (κ3) is 212. The van der Waals surface area contributed by atoms with E-state index in [0.717, 1.165) is 0 Å². The molecule has 0 aromatic carbocycles. The average Bonchev–Trinajstić information content (AvgIpc) is 0. The molecule has 0 rings (SSSR count). The van der Waals surface area contributed by atoms with E-state index in [2.05, 4.69) is 0 Å². The second kappa shape index (κ2) is 308. The molecule has 0 fully saturated rings. The van der Waals surface area contributed by atoms with E-state index < -0.39 is 0 Å². The molecule has 0 aromatic heterocycles. The molecule has 0 aliphatic heterocycles. The maximum Gasteiger partial charge on any atom is 2.00 e. The summed E-state index contributed by atoms with van der Waals surface area (Å²) in [5.41, 5.74) is 0. The molecule has 1 atom stereocenters. The van der Waals surface area contributed by atoms with Gasteiger partial charge in [0.25, 0.3) is 0 Å². The summed E-state index contributed by atoms with van der Waals surface area (Å²) in [4.78, 5) is 0. The molecule has 54 valence electrons. The molecule has 0 aromatic rings. The number of rotatable bonds is 0. The second-order valence-corrected chi connectivity index (χ2v) is 0. The Morgan fingerprint density at radius 3 is 0.571 bits per heavy atom. The maximum absolute atomic E-state index is 0. The van der Waals surface area contributed by atoms with Crippen molar-refractivity contribution in [3.8, 4) is 0 Å². The molecule has 7 heteroatoms. The Bertz CT molecular complexity index is 8.04. The number of hydrogen-bond acceptors (Lipinski definition) is 2. The molecule has 8 N–H and O–H groups in total. The summed E-state index contributed by atoms with van der Waals surface area (Å²) in [6, 6.07) is 0. The van der Waals surface area contributed by atoms with Gasteiger partial charge < -0.3 is 27.4 Å². The van der Waals surface area contributed by atoms with Gasteiger partial charge in [0.15, 0.2) is 0 Å². The van der Waals surface area contributed by atoms with Crippen molar-refractivity contribution in [1.82, 2.24) is 0 Å². The van der Waals surface area contributed by atoms with Gasteiger partial charge in [0.05, 0.1) is 0 Å².